The number of carboxylic acid groups (broad SMARTS) is 1. The number of aliphatic hydroxyl groups is 1. The number of aliphatic hydroxyl groups excluding tert-OH is 1. The minimum Gasteiger partial charge on any atom is -0.478 e. The van der Waals surface area contributed by atoms with Crippen LogP contribution >= 0.6 is 0 Å². The Balaban J connectivity index is 0. The van der Waals surface area contributed by atoms with Crippen LogP contribution in [0.2, 0.25) is 0 Å². The molecule has 0 spiro atoms. The van der Waals surface area contributed by atoms with Crippen LogP contribution in [0.3, 0.4) is 0 Å². The SMILES string of the molecule is C=C(C)C(=O)O.C=C(C)C(=O)OCCO. The van der Waals surface area contributed by atoms with E-state index in [1.807, 2.05) is 0 Å². The number of carbonyl (C=O) groups excluding carboxylic acids is 1. The molecule has 0 saturated carbocycles. The largest absolute Gasteiger partial charge is 0.478 e. The number of carbonyl (C=O) groups is 2. The molecule has 0 radical (unpaired) electrons. The van der Waals surface area contributed by atoms with Gasteiger partial charge in [0, 0.05) is 11.1 Å². The van der Waals surface area contributed by atoms with Crippen LogP contribution in [0.25, 0.3) is 0 Å². The molecule has 0 rings (SSSR count). The minimum atomic E-state index is -0.935. The van der Waals surface area contributed by atoms with Gasteiger partial charge in [-0.2, -0.15) is 0 Å². The first-order valence-electron chi connectivity index (χ1n) is 4.15. The summed E-state index contributed by atoms with van der Waals surface area (Å²) >= 11 is 0. The molecule has 0 aromatic carbocycles. The maximum Gasteiger partial charge on any atom is 0.333 e. The maximum atomic E-state index is 10.5. The van der Waals surface area contributed by atoms with Gasteiger partial charge in [-0.3, -0.25) is 0 Å². The van der Waals surface area contributed by atoms with Crippen molar-refractivity contribution in [3.05, 3.63) is 24.3 Å². The van der Waals surface area contributed by atoms with Crippen LogP contribution in [-0.4, -0.2) is 35.4 Å². The van der Waals surface area contributed by atoms with E-state index in [2.05, 4.69) is 17.9 Å². The molecule has 0 aromatic heterocycles. The second-order valence-electron chi connectivity index (χ2n) is 2.73. The summed E-state index contributed by atoms with van der Waals surface area (Å²) in [6, 6.07) is 0. The van der Waals surface area contributed by atoms with E-state index in [4.69, 9.17) is 10.2 Å². The van der Waals surface area contributed by atoms with Gasteiger partial charge in [-0.1, -0.05) is 13.2 Å². The van der Waals surface area contributed by atoms with Gasteiger partial charge < -0.3 is 14.9 Å². The molecule has 0 heterocycles. The van der Waals surface area contributed by atoms with Crippen LogP contribution in [0.5, 0.6) is 0 Å². The van der Waals surface area contributed by atoms with Crippen LogP contribution in [0.15, 0.2) is 24.3 Å². The molecule has 86 valence electrons. The summed E-state index contributed by atoms with van der Waals surface area (Å²) in [6.45, 7) is 9.42. The Morgan fingerprint density at radius 3 is 1.80 bits per heavy atom. The molecule has 0 atom stereocenters. The first-order valence-corrected chi connectivity index (χ1v) is 4.15. The topological polar surface area (TPSA) is 83.8 Å². The van der Waals surface area contributed by atoms with Crippen molar-refractivity contribution in [3.8, 4) is 0 Å². The van der Waals surface area contributed by atoms with E-state index in [-0.39, 0.29) is 18.8 Å². The fourth-order valence-corrected chi connectivity index (χ4v) is 0.262. The molecule has 0 aliphatic heterocycles. The van der Waals surface area contributed by atoms with E-state index in [0.717, 1.165) is 0 Å². The Kier molecular flexibility index (Phi) is 9.45. The molecule has 0 bridgehead atoms. The second kappa shape index (κ2) is 8.96. The molecule has 5 nitrogen and oxygen atoms in total. The lowest BCUT2D eigenvalue weighted by molar-refractivity contribution is -0.139. The molecule has 2 N–H and O–H groups in total. The quantitative estimate of drug-likeness (QED) is 0.535. The highest BCUT2D eigenvalue weighted by Crippen LogP contribution is 1.89. The summed E-state index contributed by atoms with van der Waals surface area (Å²) in [5.74, 6) is -1.39. The second-order valence-corrected chi connectivity index (χ2v) is 2.73. The first kappa shape index (κ1) is 15.8. The number of hydrogen-bond acceptors (Lipinski definition) is 4. The highest BCUT2D eigenvalue weighted by molar-refractivity contribution is 5.86. The van der Waals surface area contributed by atoms with Gasteiger partial charge in [0.15, 0.2) is 0 Å². The van der Waals surface area contributed by atoms with Crippen LogP contribution < -0.4 is 0 Å². The number of hydrogen-bond donors (Lipinski definition) is 2. The number of carboxylic acids is 1. The van der Waals surface area contributed by atoms with Crippen molar-refractivity contribution in [2.45, 2.75) is 13.8 Å². The molecule has 15 heavy (non-hydrogen) atoms. The maximum absolute atomic E-state index is 10.5. The average molecular weight is 216 g/mol. The Hall–Kier alpha value is -1.62. The van der Waals surface area contributed by atoms with Gasteiger partial charge in [-0.25, -0.2) is 9.59 Å². The molecular formula is C10H16O5. The Morgan fingerprint density at radius 2 is 1.60 bits per heavy atom. The molecule has 0 aliphatic rings. The van der Waals surface area contributed by atoms with E-state index in [1.165, 1.54) is 6.92 Å². The average Bonchev–Trinajstić information content (AvgIpc) is 2.14. The Morgan fingerprint density at radius 1 is 1.20 bits per heavy atom. The van der Waals surface area contributed by atoms with Gasteiger partial charge >= 0.3 is 11.9 Å². The standard InChI is InChI=1S/C6H10O3.C4H6O2/c1-5(2)6(8)9-4-3-7;1-3(2)4(5)6/h7H,1,3-4H2,2H3;1H2,2H3,(H,5,6). The van der Waals surface area contributed by atoms with Gasteiger partial charge in [-0.15, -0.1) is 0 Å². The molecule has 0 fully saturated rings. The lowest BCUT2D eigenvalue weighted by Gasteiger charge is -1.99. The van der Waals surface area contributed by atoms with Gasteiger partial charge in [0.05, 0.1) is 6.61 Å². The van der Waals surface area contributed by atoms with Gasteiger partial charge in [0.25, 0.3) is 0 Å². The van der Waals surface area contributed by atoms with Crippen LogP contribution in [-0.2, 0) is 14.3 Å². The zero-order chi connectivity index (χ0) is 12.4. The summed E-state index contributed by atoms with van der Waals surface area (Å²) < 4.78 is 4.46. The molecule has 0 aliphatic carbocycles. The predicted molar refractivity (Wildman–Crippen MR) is 55.3 cm³/mol. The monoisotopic (exact) mass is 216 g/mol. The minimum absolute atomic E-state index is 0.0473. The molecule has 0 saturated heterocycles. The van der Waals surface area contributed by atoms with E-state index >= 15 is 0 Å². The number of aliphatic carboxylic acids is 1. The highest BCUT2D eigenvalue weighted by atomic mass is 16.5. The zero-order valence-corrected chi connectivity index (χ0v) is 8.95. The molecular weight excluding hydrogens is 200 g/mol. The van der Waals surface area contributed by atoms with Crippen molar-refractivity contribution in [3.63, 3.8) is 0 Å². The van der Waals surface area contributed by atoms with Crippen molar-refractivity contribution < 1.29 is 24.5 Å². The summed E-state index contributed by atoms with van der Waals surface area (Å²) in [4.78, 5) is 20.1. The third-order valence-corrected chi connectivity index (χ3v) is 1.04. The zero-order valence-electron chi connectivity index (χ0n) is 8.95. The van der Waals surface area contributed by atoms with Gasteiger partial charge in [-0.05, 0) is 13.8 Å². The molecule has 0 aromatic rings. The van der Waals surface area contributed by atoms with Crippen molar-refractivity contribution in [2.24, 2.45) is 0 Å². The molecule has 5 heteroatoms. The predicted octanol–water partition coefficient (Wildman–Crippen LogP) is 0.745. The first-order chi connectivity index (χ1) is 6.82. The number of rotatable bonds is 4. The summed E-state index contributed by atoms with van der Waals surface area (Å²) in [5, 5.41) is 16.1. The van der Waals surface area contributed by atoms with Crippen LogP contribution in [0.1, 0.15) is 13.8 Å². The van der Waals surface area contributed by atoms with Crippen molar-refractivity contribution in [1.29, 1.82) is 0 Å². The lowest BCUT2D eigenvalue weighted by atomic mass is 10.4. The third-order valence-electron chi connectivity index (χ3n) is 1.04. The smallest absolute Gasteiger partial charge is 0.333 e. The summed E-state index contributed by atoms with van der Waals surface area (Å²) in [7, 11) is 0. The van der Waals surface area contributed by atoms with Gasteiger partial charge in [0.2, 0.25) is 0 Å². The van der Waals surface area contributed by atoms with Crippen LogP contribution in [0.4, 0.5) is 0 Å². The van der Waals surface area contributed by atoms with Crippen molar-refractivity contribution >= 4 is 11.9 Å². The van der Waals surface area contributed by atoms with Crippen molar-refractivity contribution in [2.75, 3.05) is 13.2 Å². The number of ether oxygens (including phenoxy) is 1. The van der Waals surface area contributed by atoms with E-state index < -0.39 is 11.9 Å². The lowest BCUT2D eigenvalue weighted by Crippen LogP contribution is -2.08. The van der Waals surface area contributed by atoms with E-state index in [9.17, 15) is 9.59 Å². The fraction of sp³-hybridized carbons (Fsp3) is 0.400. The third kappa shape index (κ3) is 12.4. The van der Waals surface area contributed by atoms with Crippen LogP contribution in [0, 0.1) is 0 Å². The fourth-order valence-electron chi connectivity index (χ4n) is 0.262. The van der Waals surface area contributed by atoms with Gasteiger partial charge in [0.1, 0.15) is 6.61 Å². The number of esters is 1. The Labute approximate surface area is 88.7 Å². The van der Waals surface area contributed by atoms with Crippen molar-refractivity contribution in [1.82, 2.24) is 0 Å². The van der Waals surface area contributed by atoms with E-state index in [1.54, 1.807) is 6.92 Å². The Bertz CT molecular complexity index is 243. The highest BCUT2D eigenvalue weighted by Gasteiger charge is 1.99. The molecule has 0 amide bonds. The van der Waals surface area contributed by atoms with E-state index in [0.29, 0.717) is 5.57 Å². The normalized spacial score (nSPS) is 8.20. The summed E-state index contributed by atoms with van der Waals surface area (Å²) in [5.41, 5.74) is 0.526. The molecule has 0 unspecified atom stereocenters. The summed E-state index contributed by atoms with van der Waals surface area (Å²) in [6.07, 6.45) is 0.